The molecule has 0 aliphatic carbocycles. The van der Waals surface area contributed by atoms with Crippen LogP contribution < -0.4 is 5.56 Å². The number of benzene rings is 1. The Morgan fingerprint density at radius 3 is 2.84 bits per heavy atom. The summed E-state index contributed by atoms with van der Waals surface area (Å²) >= 11 is 0. The highest BCUT2D eigenvalue weighted by atomic mass is 16.4. The lowest BCUT2D eigenvalue weighted by atomic mass is 10.0. The molecule has 1 aliphatic heterocycles. The maximum Gasteiger partial charge on any atom is 0.326 e. The molecule has 0 bridgehead atoms. The summed E-state index contributed by atoms with van der Waals surface area (Å²) in [5.74, 6) is -1.43. The molecule has 2 N–H and O–H groups in total. The smallest absolute Gasteiger partial charge is 0.326 e. The summed E-state index contributed by atoms with van der Waals surface area (Å²) in [5, 5.41) is 14.1. The molecule has 1 saturated heterocycles. The number of piperidine rings is 1. The summed E-state index contributed by atoms with van der Waals surface area (Å²) in [6.07, 6.45) is 3.35. The SMILES string of the molecule is O=C(O)C1CCCCN1C(=O)c1cnn2c1[nH]c(=O)c1ccccc12. The lowest BCUT2D eigenvalue weighted by molar-refractivity contribution is -0.143. The molecule has 2 aromatic heterocycles. The molecule has 1 fully saturated rings. The van der Waals surface area contributed by atoms with Crippen molar-refractivity contribution in [3.05, 3.63) is 46.4 Å². The van der Waals surface area contributed by atoms with Crippen molar-refractivity contribution in [3.8, 4) is 0 Å². The summed E-state index contributed by atoms with van der Waals surface area (Å²) in [4.78, 5) is 40.7. The van der Waals surface area contributed by atoms with E-state index in [9.17, 15) is 19.5 Å². The minimum absolute atomic E-state index is 0.205. The quantitative estimate of drug-likeness (QED) is 0.730. The average molecular weight is 340 g/mol. The van der Waals surface area contributed by atoms with Crippen LogP contribution in [0.25, 0.3) is 16.6 Å². The average Bonchev–Trinajstić information content (AvgIpc) is 3.05. The van der Waals surface area contributed by atoms with Gasteiger partial charge in [0.05, 0.1) is 17.1 Å². The number of carbonyl (C=O) groups is 2. The van der Waals surface area contributed by atoms with Gasteiger partial charge in [0.2, 0.25) is 0 Å². The number of H-pyrrole nitrogens is 1. The highest BCUT2D eigenvalue weighted by Gasteiger charge is 2.33. The number of rotatable bonds is 2. The summed E-state index contributed by atoms with van der Waals surface area (Å²) in [5.41, 5.74) is 0.763. The van der Waals surface area contributed by atoms with Crippen LogP contribution in [0.15, 0.2) is 35.3 Å². The third kappa shape index (κ3) is 2.37. The molecule has 0 saturated carbocycles. The molecule has 3 aromatic rings. The molecule has 1 unspecified atom stereocenters. The number of hydrogen-bond acceptors (Lipinski definition) is 4. The van der Waals surface area contributed by atoms with E-state index >= 15 is 0 Å². The molecule has 1 aliphatic rings. The zero-order valence-corrected chi connectivity index (χ0v) is 13.3. The van der Waals surface area contributed by atoms with Gasteiger partial charge in [-0.25, -0.2) is 9.31 Å². The molecule has 1 aromatic carbocycles. The highest BCUT2D eigenvalue weighted by Crippen LogP contribution is 2.22. The highest BCUT2D eigenvalue weighted by molar-refractivity contribution is 6.02. The molecular weight excluding hydrogens is 324 g/mol. The van der Waals surface area contributed by atoms with E-state index < -0.39 is 17.9 Å². The molecule has 8 heteroatoms. The Hall–Kier alpha value is -3.16. The lowest BCUT2D eigenvalue weighted by Crippen LogP contribution is -2.48. The van der Waals surface area contributed by atoms with E-state index in [2.05, 4.69) is 10.1 Å². The number of carboxylic acids is 1. The Labute approximate surface area is 141 Å². The van der Waals surface area contributed by atoms with E-state index in [1.54, 1.807) is 24.3 Å². The van der Waals surface area contributed by atoms with Crippen molar-refractivity contribution in [1.82, 2.24) is 19.5 Å². The van der Waals surface area contributed by atoms with Gasteiger partial charge in [0.15, 0.2) is 0 Å². The number of aliphatic carboxylic acids is 1. The second-order valence-corrected chi connectivity index (χ2v) is 6.14. The van der Waals surface area contributed by atoms with Gasteiger partial charge < -0.3 is 15.0 Å². The third-order valence-corrected chi connectivity index (χ3v) is 4.66. The molecule has 25 heavy (non-hydrogen) atoms. The monoisotopic (exact) mass is 340 g/mol. The summed E-state index contributed by atoms with van der Waals surface area (Å²) in [6, 6.07) is 6.13. The maximum absolute atomic E-state index is 12.9. The van der Waals surface area contributed by atoms with Crippen molar-refractivity contribution in [1.29, 1.82) is 0 Å². The van der Waals surface area contributed by atoms with Gasteiger partial charge in [-0.15, -0.1) is 0 Å². The standard InChI is InChI=1S/C17H16N4O4/c22-15-10-5-1-2-6-12(10)21-14(19-15)11(9-18-21)16(23)20-8-4-3-7-13(20)17(24)25/h1-2,5-6,9,13H,3-4,7-8H2,(H,19,22)(H,24,25). The molecule has 3 heterocycles. The van der Waals surface area contributed by atoms with Crippen LogP contribution in [0.2, 0.25) is 0 Å². The zero-order valence-electron chi connectivity index (χ0n) is 13.3. The number of carbonyl (C=O) groups excluding carboxylic acids is 1. The van der Waals surface area contributed by atoms with E-state index in [0.29, 0.717) is 23.9 Å². The molecule has 0 radical (unpaired) electrons. The lowest BCUT2D eigenvalue weighted by Gasteiger charge is -2.32. The number of hydrogen-bond donors (Lipinski definition) is 2. The summed E-state index contributed by atoms with van der Waals surface area (Å²) in [7, 11) is 0. The van der Waals surface area contributed by atoms with Crippen LogP contribution >= 0.6 is 0 Å². The number of carboxylic acid groups (broad SMARTS) is 1. The first kappa shape index (κ1) is 15.4. The molecule has 4 rings (SSSR count). The Kier molecular flexibility index (Phi) is 3.52. The fraction of sp³-hybridized carbons (Fsp3) is 0.294. The van der Waals surface area contributed by atoms with Crippen molar-refractivity contribution in [2.24, 2.45) is 0 Å². The van der Waals surface area contributed by atoms with Crippen LogP contribution in [0.4, 0.5) is 0 Å². The first-order valence-corrected chi connectivity index (χ1v) is 8.10. The van der Waals surface area contributed by atoms with E-state index in [1.807, 2.05) is 0 Å². The first-order valence-electron chi connectivity index (χ1n) is 8.10. The molecule has 8 nitrogen and oxygen atoms in total. The topological polar surface area (TPSA) is 108 Å². The predicted molar refractivity (Wildman–Crippen MR) is 89.6 cm³/mol. The van der Waals surface area contributed by atoms with Gasteiger partial charge in [0.25, 0.3) is 11.5 Å². The molecular formula is C17H16N4O4. The minimum Gasteiger partial charge on any atom is -0.480 e. The van der Waals surface area contributed by atoms with E-state index in [-0.39, 0.29) is 16.8 Å². The molecule has 0 spiro atoms. The van der Waals surface area contributed by atoms with Crippen molar-refractivity contribution in [2.75, 3.05) is 6.54 Å². The van der Waals surface area contributed by atoms with Gasteiger partial charge in [-0.3, -0.25) is 9.59 Å². The fourth-order valence-corrected chi connectivity index (χ4v) is 3.42. The minimum atomic E-state index is -1.01. The van der Waals surface area contributed by atoms with Crippen molar-refractivity contribution < 1.29 is 14.7 Å². The zero-order chi connectivity index (χ0) is 17.6. The maximum atomic E-state index is 12.9. The van der Waals surface area contributed by atoms with Crippen molar-refractivity contribution >= 4 is 28.4 Å². The van der Waals surface area contributed by atoms with E-state index in [1.165, 1.54) is 15.6 Å². The Morgan fingerprint density at radius 2 is 2.04 bits per heavy atom. The fourth-order valence-electron chi connectivity index (χ4n) is 3.42. The van der Waals surface area contributed by atoms with Crippen LogP contribution in [-0.2, 0) is 4.79 Å². The van der Waals surface area contributed by atoms with Crippen molar-refractivity contribution in [2.45, 2.75) is 25.3 Å². The van der Waals surface area contributed by atoms with Crippen LogP contribution in [0.5, 0.6) is 0 Å². The molecule has 1 atom stereocenters. The number of nitrogens with zero attached hydrogens (tertiary/aromatic N) is 3. The van der Waals surface area contributed by atoms with Gasteiger partial charge >= 0.3 is 5.97 Å². The van der Waals surface area contributed by atoms with Gasteiger partial charge in [-0.1, -0.05) is 12.1 Å². The van der Waals surface area contributed by atoms with E-state index in [0.717, 1.165) is 12.8 Å². The van der Waals surface area contributed by atoms with Gasteiger partial charge in [-0.2, -0.15) is 5.10 Å². The number of amides is 1. The van der Waals surface area contributed by atoms with Crippen LogP contribution in [0.3, 0.4) is 0 Å². The number of para-hydroxylation sites is 1. The Morgan fingerprint density at radius 1 is 1.24 bits per heavy atom. The van der Waals surface area contributed by atoms with Crippen molar-refractivity contribution in [3.63, 3.8) is 0 Å². The number of fused-ring (bicyclic) bond motifs is 3. The first-order chi connectivity index (χ1) is 12.1. The van der Waals surface area contributed by atoms with Gasteiger partial charge in [0.1, 0.15) is 17.3 Å². The molecule has 1 amide bonds. The van der Waals surface area contributed by atoms with E-state index in [4.69, 9.17) is 0 Å². The Bertz CT molecular complexity index is 1050. The van der Waals surface area contributed by atoms with Gasteiger partial charge in [0, 0.05) is 6.54 Å². The largest absolute Gasteiger partial charge is 0.480 e. The number of nitrogens with one attached hydrogen (secondary N) is 1. The van der Waals surface area contributed by atoms with Gasteiger partial charge in [-0.05, 0) is 31.4 Å². The second kappa shape index (κ2) is 5.73. The predicted octanol–water partition coefficient (Wildman–Crippen LogP) is 1.26. The Balaban J connectivity index is 1.85. The van der Waals surface area contributed by atoms with Crippen LogP contribution in [-0.4, -0.2) is 49.1 Å². The molecule has 128 valence electrons. The van der Waals surface area contributed by atoms with Crippen LogP contribution in [0, 0.1) is 0 Å². The van der Waals surface area contributed by atoms with Crippen LogP contribution in [0.1, 0.15) is 29.6 Å². The number of aromatic amines is 1. The number of aromatic nitrogens is 3. The normalized spacial score (nSPS) is 17.9. The summed E-state index contributed by atoms with van der Waals surface area (Å²) in [6.45, 7) is 0.380. The second-order valence-electron chi connectivity index (χ2n) is 6.14. The third-order valence-electron chi connectivity index (χ3n) is 4.66. The number of likely N-dealkylation sites (tertiary alicyclic amines) is 1. The summed E-state index contributed by atoms with van der Waals surface area (Å²) < 4.78 is 1.50.